The number of carbonyl (C=O) groups is 1. The summed E-state index contributed by atoms with van der Waals surface area (Å²) in [5.74, 6) is 0.580. The maximum atomic E-state index is 12.0. The van der Waals surface area contributed by atoms with Gasteiger partial charge in [-0.25, -0.2) is 0 Å². The molecule has 1 aromatic carbocycles. The quantitative estimate of drug-likeness (QED) is 0.918. The van der Waals surface area contributed by atoms with Crippen molar-refractivity contribution in [3.8, 4) is 0 Å². The highest BCUT2D eigenvalue weighted by Gasteiger charge is 2.34. The van der Waals surface area contributed by atoms with Gasteiger partial charge in [0.2, 0.25) is 0 Å². The van der Waals surface area contributed by atoms with Crippen LogP contribution in [0.4, 0.5) is 0 Å². The Morgan fingerprint density at radius 3 is 2.95 bits per heavy atom. The molecule has 19 heavy (non-hydrogen) atoms. The number of hydrogen-bond donors (Lipinski definition) is 1. The molecule has 0 radical (unpaired) electrons. The van der Waals surface area contributed by atoms with E-state index in [1.165, 1.54) is 25.8 Å². The third-order valence-corrected chi connectivity index (χ3v) is 4.25. The van der Waals surface area contributed by atoms with E-state index in [9.17, 15) is 4.79 Å². The number of hydrogen-bond acceptors (Lipinski definition) is 2. The fourth-order valence-electron chi connectivity index (χ4n) is 2.77. The van der Waals surface area contributed by atoms with Gasteiger partial charge in [-0.15, -0.1) is 0 Å². The molecule has 1 aliphatic heterocycles. The molecule has 1 aliphatic carbocycles. The molecule has 3 nitrogen and oxygen atoms in total. The maximum absolute atomic E-state index is 12.0. The molecule has 1 amide bonds. The van der Waals surface area contributed by atoms with Gasteiger partial charge in [-0.1, -0.05) is 17.7 Å². The maximum Gasteiger partial charge on any atom is 0.251 e. The van der Waals surface area contributed by atoms with Crippen molar-refractivity contribution in [3.05, 3.63) is 34.9 Å². The Morgan fingerprint density at radius 2 is 2.21 bits per heavy atom. The van der Waals surface area contributed by atoms with Crippen LogP contribution in [0.2, 0.25) is 5.02 Å². The number of carbonyl (C=O) groups excluding carboxylic acids is 1. The van der Waals surface area contributed by atoms with Gasteiger partial charge in [0.25, 0.3) is 5.91 Å². The van der Waals surface area contributed by atoms with Crippen molar-refractivity contribution in [2.24, 2.45) is 5.92 Å². The average Bonchev–Trinajstić information content (AvgIpc) is 3.15. The molecule has 1 heterocycles. The van der Waals surface area contributed by atoms with Crippen LogP contribution in [0.5, 0.6) is 0 Å². The number of rotatable bonds is 4. The zero-order valence-corrected chi connectivity index (χ0v) is 11.7. The molecular formula is C15H19ClN2O. The minimum absolute atomic E-state index is 0.0210. The second kappa shape index (κ2) is 5.51. The third-order valence-electron chi connectivity index (χ3n) is 4.02. The summed E-state index contributed by atoms with van der Waals surface area (Å²) in [7, 11) is 0. The smallest absolute Gasteiger partial charge is 0.251 e. The number of likely N-dealkylation sites (tertiary alicyclic amines) is 1. The van der Waals surface area contributed by atoms with Crippen molar-refractivity contribution in [3.63, 3.8) is 0 Å². The average molecular weight is 279 g/mol. The van der Waals surface area contributed by atoms with Crippen molar-refractivity contribution in [1.29, 1.82) is 0 Å². The molecule has 4 heteroatoms. The Morgan fingerprint density at radius 1 is 1.37 bits per heavy atom. The van der Waals surface area contributed by atoms with Crippen LogP contribution >= 0.6 is 11.6 Å². The van der Waals surface area contributed by atoms with Gasteiger partial charge in [0.15, 0.2) is 0 Å². The van der Waals surface area contributed by atoms with Crippen molar-refractivity contribution < 1.29 is 4.79 Å². The van der Waals surface area contributed by atoms with E-state index in [1.54, 1.807) is 18.2 Å². The molecule has 0 bridgehead atoms. The zero-order valence-electron chi connectivity index (χ0n) is 10.9. The Labute approximate surface area is 118 Å². The van der Waals surface area contributed by atoms with E-state index in [-0.39, 0.29) is 5.91 Å². The van der Waals surface area contributed by atoms with Gasteiger partial charge >= 0.3 is 0 Å². The van der Waals surface area contributed by atoms with Crippen LogP contribution in [0.3, 0.4) is 0 Å². The van der Waals surface area contributed by atoms with E-state index in [0.717, 1.165) is 19.1 Å². The standard InChI is InChI=1S/C15H19ClN2O/c16-13-3-1-2-12(8-13)15(19)17-9-11-6-7-18(10-11)14-4-5-14/h1-3,8,11,14H,4-7,9-10H2,(H,17,19)/t11-/m1/s1. The van der Waals surface area contributed by atoms with Crippen LogP contribution in [0.1, 0.15) is 29.6 Å². The SMILES string of the molecule is O=C(NC[C@H]1CCN(C2CC2)C1)c1cccc(Cl)c1. The normalized spacial score (nSPS) is 23.5. The first kappa shape index (κ1) is 12.9. The summed E-state index contributed by atoms with van der Waals surface area (Å²) in [5, 5.41) is 3.63. The van der Waals surface area contributed by atoms with E-state index in [0.29, 0.717) is 16.5 Å². The topological polar surface area (TPSA) is 32.3 Å². The van der Waals surface area contributed by atoms with Gasteiger partial charge in [-0.05, 0) is 49.9 Å². The Hall–Kier alpha value is -1.06. The molecule has 0 spiro atoms. The largest absolute Gasteiger partial charge is 0.352 e. The summed E-state index contributed by atoms with van der Waals surface area (Å²) < 4.78 is 0. The van der Waals surface area contributed by atoms with E-state index in [1.807, 2.05) is 6.07 Å². The Bertz CT molecular complexity index is 473. The van der Waals surface area contributed by atoms with Gasteiger partial charge in [0.05, 0.1) is 0 Å². The van der Waals surface area contributed by atoms with E-state index < -0.39 is 0 Å². The highest BCUT2D eigenvalue weighted by Crippen LogP contribution is 2.31. The second-order valence-electron chi connectivity index (χ2n) is 5.60. The predicted octanol–water partition coefficient (Wildman–Crippen LogP) is 2.55. The number of amides is 1. The van der Waals surface area contributed by atoms with Crippen LogP contribution in [-0.2, 0) is 0 Å². The van der Waals surface area contributed by atoms with Gasteiger partial charge in [-0.3, -0.25) is 4.79 Å². The lowest BCUT2D eigenvalue weighted by Gasteiger charge is -2.15. The van der Waals surface area contributed by atoms with Crippen molar-refractivity contribution in [2.75, 3.05) is 19.6 Å². The fraction of sp³-hybridized carbons (Fsp3) is 0.533. The van der Waals surface area contributed by atoms with Gasteiger partial charge in [-0.2, -0.15) is 0 Å². The summed E-state index contributed by atoms with van der Waals surface area (Å²) in [6.45, 7) is 3.11. The van der Waals surface area contributed by atoms with Gasteiger partial charge < -0.3 is 10.2 Å². The highest BCUT2D eigenvalue weighted by atomic mass is 35.5. The molecular weight excluding hydrogens is 260 g/mol. The first-order valence-electron chi connectivity index (χ1n) is 7.00. The molecule has 0 aromatic heterocycles. The summed E-state index contributed by atoms with van der Waals surface area (Å²) in [6, 6.07) is 7.94. The van der Waals surface area contributed by atoms with E-state index in [2.05, 4.69) is 10.2 Å². The molecule has 1 atom stereocenters. The molecule has 2 aliphatic rings. The van der Waals surface area contributed by atoms with Crippen LogP contribution in [0.15, 0.2) is 24.3 Å². The second-order valence-corrected chi connectivity index (χ2v) is 6.04. The lowest BCUT2D eigenvalue weighted by Crippen LogP contribution is -2.31. The summed E-state index contributed by atoms with van der Waals surface area (Å²) >= 11 is 5.89. The number of nitrogens with one attached hydrogen (secondary N) is 1. The third kappa shape index (κ3) is 3.28. The minimum Gasteiger partial charge on any atom is -0.352 e. The monoisotopic (exact) mass is 278 g/mol. The molecule has 3 rings (SSSR count). The van der Waals surface area contributed by atoms with E-state index in [4.69, 9.17) is 11.6 Å². The van der Waals surface area contributed by atoms with Gasteiger partial charge in [0.1, 0.15) is 0 Å². The minimum atomic E-state index is -0.0210. The first-order valence-corrected chi connectivity index (χ1v) is 7.38. The Kier molecular flexibility index (Phi) is 3.76. The summed E-state index contributed by atoms with van der Waals surface area (Å²) in [4.78, 5) is 14.6. The molecule has 102 valence electrons. The lowest BCUT2D eigenvalue weighted by atomic mass is 10.1. The zero-order chi connectivity index (χ0) is 13.2. The molecule has 1 saturated carbocycles. The highest BCUT2D eigenvalue weighted by molar-refractivity contribution is 6.30. The van der Waals surface area contributed by atoms with Crippen molar-refractivity contribution >= 4 is 17.5 Å². The van der Waals surface area contributed by atoms with Crippen LogP contribution in [0.25, 0.3) is 0 Å². The summed E-state index contributed by atoms with van der Waals surface area (Å²) in [6.07, 6.45) is 3.93. The lowest BCUT2D eigenvalue weighted by molar-refractivity contribution is 0.0947. The van der Waals surface area contributed by atoms with Crippen molar-refractivity contribution in [1.82, 2.24) is 10.2 Å². The molecule has 0 unspecified atom stereocenters. The Balaban J connectivity index is 1.48. The molecule has 1 aromatic rings. The van der Waals surface area contributed by atoms with Gasteiger partial charge in [0, 0.05) is 29.7 Å². The molecule has 1 N–H and O–H groups in total. The molecule has 2 fully saturated rings. The van der Waals surface area contributed by atoms with Crippen LogP contribution in [-0.4, -0.2) is 36.5 Å². The van der Waals surface area contributed by atoms with Crippen LogP contribution in [0, 0.1) is 5.92 Å². The molecule has 1 saturated heterocycles. The number of nitrogens with zero attached hydrogens (tertiary/aromatic N) is 1. The number of halogens is 1. The van der Waals surface area contributed by atoms with E-state index >= 15 is 0 Å². The predicted molar refractivity (Wildman–Crippen MR) is 76.5 cm³/mol. The van der Waals surface area contributed by atoms with Crippen molar-refractivity contribution in [2.45, 2.75) is 25.3 Å². The fourth-order valence-corrected chi connectivity index (χ4v) is 2.96. The first-order chi connectivity index (χ1) is 9.22. The number of benzene rings is 1. The van der Waals surface area contributed by atoms with Crippen LogP contribution < -0.4 is 5.32 Å². The summed E-state index contributed by atoms with van der Waals surface area (Å²) in [5.41, 5.74) is 0.643.